The van der Waals surface area contributed by atoms with Gasteiger partial charge in [0.25, 0.3) is 17.5 Å². The van der Waals surface area contributed by atoms with Gasteiger partial charge in [-0.25, -0.2) is 0 Å². The first kappa shape index (κ1) is 23.8. The van der Waals surface area contributed by atoms with Crippen LogP contribution in [-0.4, -0.2) is 33.5 Å². The summed E-state index contributed by atoms with van der Waals surface area (Å²) in [6.07, 6.45) is 1.53. The fourth-order valence-electron chi connectivity index (χ4n) is 4.12. The molecule has 2 aromatic carbocycles. The summed E-state index contributed by atoms with van der Waals surface area (Å²) in [5.74, 6) is -0.781. The number of rotatable bonds is 5. The molecule has 0 bridgehead atoms. The summed E-state index contributed by atoms with van der Waals surface area (Å²) in [7, 11) is 1.44. The number of aryl methyl sites for hydroxylation is 2. The highest BCUT2D eigenvalue weighted by molar-refractivity contribution is 7.80. The highest BCUT2D eigenvalue weighted by atomic mass is 32.1. The van der Waals surface area contributed by atoms with Crippen LogP contribution in [-0.2, 0) is 9.59 Å². The van der Waals surface area contributed by atoms with Crippen molar-refractivity contribution in [2.75, 3.05) is 12.0 Å². The lowest BCUT2D eigenvalue weighted by molar-refractivity contribution is -0.384. The smallest absolute Gasteiger partial charge is 0.273 e. The van der Waals surface area contributed by atoms with Gasteiger partial charge >= 0.3 is 0 Å². The summed E-state index contributed by atoms with van der Waals surface area (Å²) in [4.78, 5) is 38.1. The molecule has 0 aliphatic carbocycles. The second kappa shape index (κ2) is 9.15. The van der Waals surface area contributed by atoms with E-state index in [0.29, 0.717) is 22.7 Å². The Morgan fingerprint density at radius 1 is 1.06 bits per heavy atom. The van der Waals surface area contributed by atoms with Gasteiger partial charge in [-0.1, -0.05) is 18.2 Å². The molecule has 4 rings (SSSR count). The van der Waals surface area contributed by atoms with Gasteiger partial charge in [0.2, 0.25) is 0 Å². The number of methoxy groups -OCH3 is 1. The second-order valence-corrected chi connectivity index (χ2v) is 8.41. The summed E-state index contributed by atoms with van der Waals surface area (Å²) in [6.45, 7) is 5.54. The average molecular weight is 491 g/mol. The monoisotopic (exact) mass is 490 g/mol. The van der Waals surface area contributed by atoms with Crippen molar-refractivity contribution in [3.05, 3.63) is 86.7 Å². The van der Waals surface area contributed by atoms with Crippen molar-refractivity contribution in [1.82, 2.24) is 9.88 Å². The van der Waals surface area contributed by atoms with Crippen LogP contribution in [0.3, 0.4) is 0 Å². The summed E-state index contributed by atoms with van der Waals surface area (Å²) in [6, 6.07) is 13.5. The van der Waals surface area contributed by atoms with Crippen molar-refractivity contribution in [3.63, 3.8) is 0 Å². The number of nitrogens with zero attached hydrogens (tertiary/aromatic N) is 3. The molecule has 0 radical (unpaired) electrons. The number of aromatic nitrogens is 1. The number of ether oxygens (including phenoxy) is 1. The third-order valence-electron chi connectivity index (χ3n) is 5.84. The van der Waals surface area contributed by atoms with E-state index < -0.39 is 16.7 Å². The van der Waals surface area contributed by atoms with Gasteiger partial charge in [-0.3, -0.25) is 29.9 Å². The molecule has 0 atom stereocenters. The first-order valence-electron chi connectivity index (χ1n) is 10.6. The Morgan fingerprint density at radius 2 is 1.77 bits per heavy atom. The molecule has 1 aliphatic rings. The number of hydrogen-bond acceptors (Lipinski definition) is 6. The molecule has 1 aliphatic heterocycles. The number of non-ortho nitro benzene ring substituents is 1. The van der Waals surface area contributed by atoms with Crippen LogP contribution >= 0.6 is 12.2 Å². The molecule has 10 heteroatoms. The molecule has 0 saturated carbocycles. The first-order chi connectivity index (χ1) is 16.6. The molecule has 3 aromatic rings. The van der Waals surface area contributed by atoms with E-state index in [4.69, 9.17) is 17.0 Å². The SMILES string of the molecule is COc1cc([N+](=O)[O-])ccc1-n1c(C)cc(/C=C2\C(=O)NC(=S)N(c3ccccc3C)C2=O)c1C. The van der Waals surface area contributed by atoms with Gasteiger partial charge in [-0.2, -0.15) is 0 Å². The van der Waals surface area contributed by atoms with Crippen LogP contribution in [0.25, 0.3) is 11.8 Å². The van der Waals surface area contributed by atoms with E-state index in [9.17, 15) is 19.7 Å². The molecular weight excluding hydrogens is 468 g/mol. The van der Waals surface area contributed by atoms with Gasteiger partial charge in [0.15, 0.2) is 5.11 Å². The normalized spacial score (nSPS) is 14.9. The third-order valence-corrected chi connectivity index (χ3v) is 6.13. The van der Waals surface area contributed by atoms with Crippen molar-refractivity contribution < 1.29 is 19.2 Å². The van der Waals surface area contributed by atoms with Gasteiger partial charge < -0.3 is 9.30 Å². The maximum Gasteiger partial charge on any atom is 0.273 e. The zero-order valence-corrected chi connectivity index (χ0v) is 20.3. The minimum atomic E-state index is -0.581. The number of amides is 2. The highest BCUT2D eigenvalue weighted by Crippen LogP contribution is 2.32. The van der Waals surface area contributed by atoms with Gasteiger partial charge in [0.1, 0.15) is 11.3 Å². The summed E-state index contributed by atoms with van der Waals surface area (Å²) < 4.78 is 7.25. The van der Waals surface area contributed by atoms with E-state index >= 15 is 0 Å². The lowest BCUT2D eigenvalue weighted by atomic mass is 10.1. The van der Waals surface area contributed by atoms with Crippen LogP contribution in [0, 0.1) is 30.9 Å². The number of carbonyl (C=O) groups is 2. The number of nitro benzene ring substituents is 1. The van der Waals surface area contributed by atoms with Crippen molar-refractivity contribution in [3.8, 4) is 11.4 Å². The van der Waals surface area contributed by atoms with Crippen LogP contribution in [0.5, 0.6) is 5.75 Å². The predicted octanol–water partition coefficient (Wildman–Crippen LogP) is 4.15. The summed E-state index contributed by atoms with van der Waals surface area (Å²) >= 11 is 5.29. The zero-order chi connectivity index (χ0) is 25.4. The number of hydrogen-bond donors (Lipinski definition) is 1. The number of para-hydroxylation sites is 1. The summed E-state index contributed by atoms with van der Waals surface area (Å²) in [5, 5.41) is 13.8. The molecule has 0 unspecified atom stereocenters. The van der Waals surface area contributed by atoms with E-state index in [1.807, 2.05) is 43.5 Å². The maximum atomic E-state index is 13.4. The maximum absolute atomic E-state index is 13.4. The second-order valence-electron chi connectivity index (χ2n) is 8.02. The fraction of sp³-hybridized carbons (Fsp3) is 0.160. The van der Waals surface area contributed by atoms with E-state index in [1.165, 1.54) is 30.2 Å². The molecular formula is C25H22N4O5S. The molecule has 1 saturated heterocycles. The minimum Gasteiger partial charge on any atom is -0.494 e. The van der Waals surface area contributed by atoms with E-state index in [2.05, 4.69) is 5.32 Å². The molecule has 1 fully saturated rings. The van der Waals surface area contributed by atoms with E-state index in [1.54, 1.807) is 18.2 Å². The standard InChI is InChI=1S/C25H22N4O5S/c1-14-7-5-6-8-20(14)28-24(31)19(23(30)26-25(28)35)12-17-11-15(2)27(16(17)3)21-10-9-18(29(32)33)13-22(21)34-4/h5-13H,1-4H3,(H,26,30,35)/b19-12+. The number of carbonyl (C=O) groups excluding carboxylic acids is 2. The molecule has 1 N–H and O–H groups in total. The number of thiocarbonyl (C=S) groups is 1. The van der Waals surface area contributed by atoms with E-state index in [-0.39, 0.29) is 16.4 Å². The number of nitrogens with one attached hydrogen (secondary N) is 1. The van der Waals surface area contributed by atoms with Crippen molar-refractivity contribution in [1.29, 1.82) is 0 Å². The average Bonchev–Trinajstić information content (AvgIpc) is 3.09. The molecule has 2 amide bonds. The van der Waals surface area contributed by atoms with Gasteiger partial charge in [-0.15, -0.1) is 0 Å². The van der Waals surface area contributed by atoms with Crippen LogP contribution in [0.4, 0.5) is 11.4 Å². The Morgan fingerprint density at radius 3 is 2.43 bits per heavy atom. The Bertz CT molecular complexity index is 1440. The lowest BCUT2D eigenvalue weighted by Crippen LogP contribution is -2.54. The molecule has 35 heavy (non-hydrogen) atoms. The largest absolute Gasteiger partial charge is 0.494 e. The first-order valence-corrected chi connectivity index (χ1v) is 11.0. The molecule has 9 nitrogen and oxygen atoms in total. The molecule has 2 heterocycles. The topological polar surface area (TPSA) is 107 Å². The third kappa shape index (κ3) is 4.19. The number of anilines is 1. The zero-order valence-electron chi connectivity index (χ0n) is 19.5. The minimum absolute atomic E-state index is 0.0209. The quantitative estimate of drug-likeness (QED) is 0.189. The van der Waals surface area contributed by atoms with Crippen molar-refractivity contribution in [2.45, 2.75) is 20.8 Å². The fourth-order valence-corrected chi connectivity index (χ4v) is 4.39. The van der Waals surface area contributed by atoms with Crippen LogP contribution < -0.4 is 15.0 Å². The van der Waals surface area contributed by atoms with Crippen LogP contribution in [0.15, 0.2) is 54.1 Å². The van der Waals surface area contributed by atoms with E-state index in [0.717, 1.165) is 17.0 Å². The molecule has 178 valence electrons. The Kier molecular flexibility index (Phi) is 6.23. The van der Waals surface area contributed by atoms with Crippen LogP contribution in [0.2, 0.25) is 0 Å². The Hall–Kier alpha value is -4.31. The Labute approximate surface area is 206 Å². The highest BCUT2D eigenvalue weighted by Gasteiger charge is 2.35. The lowest BCUT2D eigenvalue weighted by Gasteiger charge is -2.30. The van der Waals surface area contributed by atoms with Crippen molar-refractivity contribution in [2.24, 2.45) is 0 Å². The van der Waals surface area contributed by atoms with Gasteiger partial charge in [0, 0.05) is 17.5 Å². The molecule has 0 spiro atoms. The summed E-state index contributed by atoms with van der Waals surface area (Å²) in [5.41, 5.74) is 4.02. The Balaban J connectivity index is 1.80. The molecule has 1 aromatic heterocycles. The van der Waals surface area contributed by atoms with Crippen LogP contribution in [0.1, 0.15) is 22.5 Å². The number of benzene rings is 2. The predicted molar refractivity (Wildman–Crippen MR) is 136 cm³/mol. The van der Waals surface area contributed by atoms with Gasteiger partial charge in [0.05, 0.1) is 29.5 Å². The van der Waals surface area contributed by atoms with Gasteiger partial charge in [-0.05, 0) is 68.4 Å². The number of nitro groups is 1. The van der Waals surface area contributed by atoms with Crippen molar-refractivity contribution >= 4 is 46.6 Å².